The van der Waals surface area contributed by atoms with E-state index in [4.69, 9.17) is 13.9 Å². The molecular weight excluding hydrogens is 422 g/mol. The fourth-order valence-electron chi connectivity index (χ4n) is 3.88. The third-order valence-corrected chi connectivity index (χ3v) is 5.23. The third kappa shape index (κ3) is 6.25. The SMILES string of the molecule is CC(C)(C)OC(=O)Cc1ccc2c(c1)N(Cc1ccccc1)C[C@H](CCc1n[nH]c(=O)o1)O2. The van der Waals surface area contributed by atoms with Crippen molar-refractivity contribution in [1.82, 2.24) is 10.2 Å². The Bertz CT molecular complexity index is 1150. The largest absolute Gasteiger partial charge is 0.486 e. The molecule has 8 nitrogen and oxygen atoms in total. The summed E-state index contributed by atoms with van der Waals surface area (Å²) in [6.45, 7) is 6.96. The Morgan fingerprint density at radius 2 is 1.97 bits per heavy atom. The van der Waals surface area contributed by atoms with E-state index in [2.05, 4.69) is 27.2 Å². The molecule has 2 heterocycles. The molecule has 0 spiro atoms. The van der Waals surface area contributed by atoms with Crippen LogP contribution in [0, 0.1) is 0 Å². The monoisotopic (exact) mass is 451 g/mol. The number of carbonyl (C=O) groups excluding carboxylic acids is 1. The maximum absolute atomic E-state index is 12.3. The second kappa shape index (κ2) is 9.52. The highest BCUT2D eigenvalue weighted by molar-refractivity contribution is 5.74. The molecule has 0 radical (unpaired) electrons. The lowest BCUT2D eigenvalue weighted by molar-refractivity contribution is -0.153. The number of nitrogens with zero attached hydrogens (tertiary/aromatic N) is 2. The molecule has 0 amide bonds. The minimum Gasteiger partial charge on any atom is -0.486 e. The number of esters is 1. The van der Waals surface area contributed by atoms with Gasteiger partial charge in [-0.3, -0.25) is 4.79 Å². The highest BCUT2D eigenvalue weighted by Gasteiger charge is 2.27. The summed E-state index contributed by atoms with van der Waals surface area (Å²) in [4.78, 5) is 25.8. The van der Waals surface area contributed by atoms with Gasteiger partial charge in [0.1, 0.15) is 17.5 Å². The van der Waals surface area contributed by atoms with Crippen LogP contribution in [0.3, 0.4) is 0 Å². The van der Waals surface area contributed by atoms with Crippen LogP contribution in [0.5, 0.6) is 5.75 Å². The lowest BCUT2D eigenvalue weighted by Crippen LogP contribution is -2.40. The second-order valence-electron chi connectivity index (χ2n) is 9.22. The van der Waals surface area contributed by atoms with Crippen LogP contribution in [-0.4, -0.2) is 34.4 Å². The average molecular weight is 452 g/mol. The van der Waals surface area contributed by atoms with Gasteiger partial charge in [0.25, 0.3) is 0 Å². The minimum atomic E-state index is -0.553. The third-order valence-electron chi connectivity index (χ3n) is 5.23. The second-order valence-corrected chi connectivity index (χ2v) is 9.22. The number of benzene rings is 2. The summed E-state index contributed by atoms with van der Waals surface area (Å²) in [5.74, 6) is 0.325. The molecule has 0 bridgehead atoms. The number of ether oxygens (including phenoxy) is 2. The van der Waals surface area contributed by atoms with E-state index in [0.29, 0.717) is 31.8 Å². The van der Waals surface area contributed by atoms with E-state index < -0.39 is 11.4 Å². The van der Waals surface area contributed by atoms with Crippen molar-refractivity contribution in [3.05, 3.63) is 76.1 Å². The first-order valence-electron chi connectivity index (χ1n) is 11.1. The van der Waals surface area contributed by atoms with Gasteiger partial charge in [0.05, 0.1) is 18.7 Å². The molecule has 3 aromatic rings. The highest BCUT2D eigenvalue weighted by Crippen LogP contribution is 2.36. The number of carbonyl (C=O) groups is 1. The quantitative estimate of drug-likeness (QED) is 0.548. The average Bonchev–Trinajstić information content (AvgIpc) is 3.17. The van der Waals surface area contributed by atoms with Gasteiger partial charge in [-0.25, -0.2) is 9.89 Å². The number of rotatable bonds is 7. The predicted molar refractivity (Wildman–Crippen MR) is 123 cm³/mol. The van der Waals surface area contributed by atoms with Crippen molar-refractivity contribution in [2.24, 2.45) is 0 Å². The summed E-state index contributed by atoms with van der Waals surface area (Å²) in [6, 6.07) is 16.0. The molecule has 0 unspecified atom stereocenters. The van der Waals surface area contributed by atoms with Crippen molar-refractivity contribution < 1.29 is 18.7 Å². The number of hydrogen-bond donors (Lipinski definition) is 1. The van der Waals surface area contributed by atoms with Gasteiger partial charge in [-0.2, -0.15) is 0 Å². The molecule has 0 aliphatic carbocycles. The highest BCUT2D eigenvalue weighted by atomic mass is 16.6. The lowest BCUT2D eigenvalue weighted by Gasteiger charge is -2.36. The Hall–Kier alpha value is -3.55. The summed E-state index contributed by atoms with van der Waals surface area (Å²) < 4.78 is 16.7. The van der Waals surface area contributed by atoms with Crippen molar-refractivity contribution >= 4 is 11.7 Å². The summed E-state index contributed by atoms with van der Waals surface area (Å²) in [6.07, 6.45) is 1.25. The number of aromatic nitrogens is 2. The fraction of sp³-hybridized carbons (Fsp3) is 0.400. The zero-order valence-corrected chi connectivity index (χ0v) is 19.2. The van der Waals surface area contributed by atoms with E-state index in [9.17, 15) is 9.59 Å². The molecule has 1 aromatic heterocycles. The van der Waals surface area contributed by atoms with Crippen LogP contribution in [-0.2, 0) is 28.9 Å². The first-order chi connectivity index (χ1) is 15.7. The van der Waals surface area contributed by atoms with Crippen LogP contribution in [0.4, 0.5) is 5.69 Å². The minimum absolute atomic E-state index is 0.0973. The van der Waals surface area contributed by atoms with Crippen molar-refractivity contribution in [2.75, 3.05) is 11.4 Å². The molecular formula is C25H29N3O5. The molecule has 0 saturated heterocycles. The van der Waals surface area contributed by atoms with Crippen LogP contribution in [0.2, 0.25) is 0 Å². The maximum Gasteiger partial charge on any atom is 0.434 e. The van der Waals surface area contributed by atoms with Crippen molar-refractivity contribution in [2.45, 2.75) is 58.3 Å². The molecule has 1 atom stereocenters. The zero-order chi connectivity index (χ0) is 23.4. The molecule has 33 heavy (non-hydrogen) atoms. The van der Waals surface area contributed by atoms with Crippen LogP contribution in [0.1, 0.15) is 44.2 Å². The number of nitrogens with one attached hydrogen (secondary N) is 1. The Morgan fingerprint density at radius 1 is 1.18 bits per heavy atom. The number of aromatic amines is 1. The topological polar surface area (TPSA) is 97.7 Å². The van der Waals surface area contributed by atoms with E-state index >= 15 is 0 Å². The smallest absolute Gasteiger partial charge is 0.434 e. The Kier molecular flexibility index (Phi) is 6.53. The van der Waals surface area contributed by atoms with E-state index in [1.54, 1.807) is 0 Å². The maximum atomic E-state index is 12.3. The van der Waals surface area contributed by atoms with Gasteiger partial charge < -0.3 is 18.8 Å². The number of H-pyrrole nitrogens is 1. The molecule has 1 aliphatic heterocycles. The summed E-state index contributed by atoms with van der Waals surface area (Å²) in [5.41, 5.74) is 2.48. The van der Waals surface area contributed by atoms with E-state index in [-0.39, 0.29) is 18.5 Å². The number of anilines is 1. The Labute approximate surface area is 192 Å². The first kappa shape index (κ1) is 22.6. The van der Waals surface area contributed by atoms with Gasteiger partial charge in [-0.15, -0.1) is 5.10 Å². The zero-order valence-electron chi connectivity index (χ0n) is 19.2. The standard InChI is InChI=1S/C25H29N3O5/c1-25(2,3)33-23(29)14-18-9-11-21-20(13-18)28(15-17-7-5-4-6-8-17)16-19(31-21)10-12-22-26-27-24(30)32-22/h4-9,11,13,19H,10,12,14-16H2,1-3H3,(H,27,30)/t19-/m0/s1. The van der Waals surface area contributed by atoms with Gasteiger partial charge in [0, 0.05) is 13.0 Å². The molecule has 8 heteroatoms. The normalized spacial score (nSPS) is 15.6. The van der Waals surface area contributed by atoms with Crippen LogP contribution in [0.15, 0.2) is 57.7 Å². The van der Waals surface area contributed by atoms with E-state index in [0.717, 1.165) is 17.0 Å². The van der Waals surface area contributed by atoms with Crippen LogP contribution >= 0.6 is 0 Å². The Morgan fingerprint density at radius 3 is 2.67 bits per heavy atom. The summed E-state index contributed by atoms with van der Waals surface area (Å²) >= 11 is 0. The van der Waals surface area contributed by atoms with Crippen molar-refractivity contribution in [1.29, 1.82) is 0 Å². The van der Waals surface area contributed by atoms with E-state index in [1.165, 1.54) is 5.56 Å². The summed E-state index contributed by atoms with van der Waals surface area (Å²) in [7, 11) is 0. The van der Waals surface area contributed by atoms with Crippen LogP contribution < -0.4 is 15.4 Å². The van der Waals surface area contributed by atoms with Gasteiger partial charge >= 0.3 is 11.7 Å². The van der Waals surface area contributed by atoms with Gasteiger partial charge in [-0.05, 0) is 50.5 Å². The number of fused-ring (bicyclic) bond motifs is 1. The molecule has 0 fully saturated rings. The van der Waals surface area contributed by atoms with Gasteiger partial charge in [0.15, 0.2) is 0 Å². The fourth-order valence-corrected chi connectivity index (χ4v) is 3.88. The number of hydrogen-bond acceptors (Lipinski definition) is 7. The molecule has 1 aliphatic rings. The molecule has 174 valence electrons. The summed E-state index contributed by atoms with van der Waals surface area (Å²) in [5, 5.41) is 6.17. The van der Waals surface area contributed by atoms with Crippen molar-refractivity contribution in [3.8, 4) is 5.75 Å². The molecule has 0 saturated carbocycles. The van der Waals surface area contributed by atoms with E-state index in [1.807, 2.05) is 57.2 Å². The van der Waals surface area contributed by atoms with Gasteiger partial charge in [-0.1, -0.05) is 36.4 Å². The van der Waals surface area contributed by atoms with Crippen LogP contribution in [0.25, 0.3) is 0 Å². The lowest BCUT2D eigenvalue weighted by atomic mass is 10.0. The van der Waals surface area contributed by atoms with Gasteiger partial charge in [0.2, 0.25) is 5.89 Å². The first-order valence-corrected chi connectivity index (χ1v) is 11.1. The molecule has 2 aromatic carbocycles. The molecule has 4 rings (SSSR count). The van der Waals surface area contributed by atoms with Crippen molar-refractivity contribution in [3.63, 3.8) is 0 Å². The Balaban J connectivity index is 1.53. The predicted octanol–water partition coefficient (Wildman–Crippen LogP) is 3.65. The molecule has 1 N–H and O–H groups in total. The number of aryl methyl sites for hydroxylation is 1.